The fraction of sp³-hybridized carbons (Fsp3) is 0.312. The number of nitrogens with one attached hydrogen (secondary N) is 1. The summed E-state index contributed by atoms with van der Waals surface area (Å²) in [6.07, 6.45) is 2.01. The van der Waals surface area contributed by atoms with Gasteiger partial charge in [0, 0.05) is 16.3 Å². The third-order valence-corrected chi connectivity index (χ3v) is 6.44. The Labute approximate surface area is 150 Å². The number of hydrogen-bond donors (Lipinski definition) is 2. The number of carboxylic acids is 1. The first kappa shape index (κ1) is 18.8. The first-order chi connectivity index (χ1) is 11.3. The molecule has 0 saturated heterocycles. The number of thiophene rings is 1. The van der Waals surface area contributed by atoms with Gasteiger partial charge in [0.15, 0.2) is 0 Å². The zero-order valence-corrected chi connectivity index (χ0v) is 15.5. The topological polar surface area (TPSA) is 83.5 Å². The van der Waals surface area contributed by atoms with E-state index < -0.39 is 16.0 Å². The Bertz CT molecular complexity index is 830. The van der Waals surface area contributed by atoms with Crippen LogP contribution in [-0.4, -0.2) is 19.5 Å². The van der Waals surface area contributed by atoms with E-state index in [2.05, 4.69) is 4.72 Å². The van der Waals surface area contributed by atoms with Crippen molar-refractivity contribution in [3.8, 4) is 0 Å². The summed E-state index contributed by atoms with van der Waals surface area (Å²) in [5, 5.41) is 10.9. The van der Waals surface area contributed by atoms with Gasteiger partial charge in [0.2, 0.25) is 0 Å². The highest BCUT2D eigenvalue weighted by molar-refractivity contribution is 7.92. The van der Waals surface area contributed by atoms with Gasteiger partial charge in [-0.3, -0.25) is 9.52 Å². The SMILES string of the molecule is Cc1c(Cl)cccc1S(=O)(=O)Nc1ccsc1CCCCC(=O)O. The monoisotopic (exact) mass is 387 g/mol. The van der Waals surface area contributed by atoms with Crippen molar-refractivity contribution in [2.24, 2.45) is 0 Å². The maximum Gasteiger partial charge on any atom is 0.303 e. The van der Waals surface area contributed by atoms with E-state index in [9.17, 15) is 13.2 Å². The first-order valence-electron chi connectivity index (χ1n) is 7.37. The Kier molecular flexibility index (Phi) is 6.26. The van der Waals surface area contributed by atoms with Crippen molar-refractivity contribution in [2.45, 2.75) is 37.5 Å². The molecule has 0 aliphatic heterocycles. The Balaban J connectivity index is 2.12. The number of anilines is 1. The van der Waals surface area contributed by atoms with Crippen LogP contribution < -0.4 is 4.72 Å². The molecule has 0 spiro atoms. The van der Waals surface area contributed by atoms with Crippen LogP contribution in [0, 0.1) is 6.92 Å². The molecule has 5 nitrogen and oxygen atoms in total. The molecular formula is C16H18ClNO4S2. The van der Waals surface area contributed by atoms with E-state index in [1.807, 2.05) is 5.38 Å². The largest absolute Gasteiger partial charge is 0.481 e. The molecule has 1 aromatic carbocycles. The van der Waals surface area contributed by atoms with Crippen LogP contribution in [0.5, 0.6) is 0 Å². The molecule has 0 saturated carbocycles. The van der Waals surface area contributed by atoms with Gasteiger partial charge in [0.25, 0.3) is 10.0 Å². The molecule has 0 bridgehead atoms. The summed E-state index contributed by atoms with van der Waals surface area (Å²) in [5.74, 6) is -0.821. The van der Waals surface area contributed by atoms with Gasteiger partial charge in [-0.15, -0.1) is 11.3 Å². The third-order valence-electron chi connectivity index (χ3n) is 3.54. The minimum Gasteiger partial charge on any atom is -0.481 e. The summed E-state index contributed by atoms with van der Waals surface area (Å²) >= 11 is 7.46. The standard InChI is InChI=1S/C16H18ClNO4S2/c1-11-12(17)5-4-7-15(11)24(21,22)18-13-9-10-23-14(13)6-2-3-8-16(19)20/h4-5,7,9-10,18H,2-3,6,8H2,1H3,(H,19,20). The summed E-state index contributed by atoms with van der Waals surface area (Å²) < 4.78 is 27.8. The Morgan fingerprint density at radius 1 is 1.29 bits per heavy atom. The molecule has 8 heteroatoms. The van der Waals surface area contributed by atoms with E-state index in [1.165, 1.54) is 17.4 Å². The van der Waals surface area contributed by atoms with Crippen LogP contribution in [-0.2, 0) is 21.2 Å². The van der Waals surface area contributed by atoms with E-state index in [-0.39, 0.29) is 11.3 Å². The number of carbonyl (C=O) groups is 1. The molecule has 2 rings (SSSR count). The molecule has 1 heterocycles. The molecule has 2 N–H and O–H groups in total. The summed E-state index contributed by atoms with van der Waals surface area (Å²) in [6.45, 7) is 1.66. The average molecular weight is 388 g/mol. The number of hydrogen-bond acceptors (Lipinski definition) is 4. The number of halogens is 1. The van der Waals surface area contributed by atoms with Crippen LogP contribution in [0.4, 0.5) is 5.69 Å². The van der Waals surface area contributed by atoms with E-state index in [1.54, 1.807) is 25.1 Å². The second-order valence-corrected chi connectivity index (χ2v) is 8.39. The summed E-state index contributed by atoms with van der Waals surface area (Å²) in [6, 6.07) is 6.48. The summed E-state index contributed by atoms with van der Waals surface area (Å²) in [5.41, 5.74) is 1.04. The highest BCUT2D eigenvalue weighted by atomic mass is 35.5. The number of carboxylic acid groups (broad SMARTS) is 1. The molecule has 0 unspecified atom stereocenters. The smallest absolute Gasteiger partial charge is 0.303 e. The van der Waals surface area contributed by atoms with Gasteiger partial charge in [0.1, 0.15) is 0 Å². The van der Waals surface area contributed by atoms with Crippen LogP contribution in [0.1, 0.15) is 29.7 Å². The second kappa shape index (κ2) is 8.00. The fourth-order valence-electron chi connectivity index (χ4n) is 2.27. The van der Waals surface area contributed by atoms with E-state index >= 15 is 0 Å². The lowest BCUT2D eigenvalue weighted by atomic mass is 10.1. The summed E-state index contributed by atoms with van der Waals surface area (Å²) in [7, 11) is -3.72. The normalized spacial score (nSPS) is 11.4. The van der Waals surface area contributed by atoms with Crippen molar-refractivity contribution >= 4 is 44.6 Å². The molecule has 1 aromatic heterocycles. The van der Waals surface area contributed by atoms with Gasteiger partial charge < -0.3 is 5.11 Å². The van der Waals surface area contributed by atoms with E-state index in [4.69, 9.17) is 16.7 Å². The second-order valence-electron chi connectivity index (χ2n) is 5.33. The van der Waals surface area contributed by atoms with Crippen LogP contribution in [0.2, 0.25) is 5.02 Å². The predicted molar refractivity (Wildman–Crippen MR) is 96.5 cm³/mol. The minimum absolute atomic E-state index is 0.119. The molecule has 0 fully saturated rings. The zero-order valence-electron chi connectivity index (χ0n) is 13.1. The molecule has 130 valence electrons. The Hall–Kier alpha value is -1.57. The van der Waals surface area contributed by atoms with E-state index in [0.717, 1.165) is 4.88 Å². The van der Waals surface area contributed by atoms with Crippen LogP contribution >= 0.6 is 22.9 Å². The Morgan fingerprint density at radius 2 is 2.04 bits per heavy atom. The molecule has 2 aromatic rings. The minimum atomic E-state index is -3.72. The van der Waals surface area contributed by atoms with Gasteiger partial charge >= 0.3 is 5.97 Å². The highest BCUT2D eigenvalue weighted by Gasteiger charge is 2.20. The molecule has 0 aliphatic carbocycles. The first-order valence-corrected chi connectivity index (χ1v) is 10.1. The maximum atomic E-state index is 12.6. The lowest BCUT2D eigenvalue weighted by molar-refractivity contribution is -0.137. The van der Waals surface area contributed by atoms with Crippen molar-refractivity contribution in [1.82, 2.24) is 0 Å². The van der Waals surface area contributed by atoms with Gasteiger partial charge in [0.05, 0.1) is 10.6 Å². The predicted octanol–water partition coefficient (Wildman–Crippen LogP) is 4.31. The van der Waals surface area contributed by atoms with Crippen LogP contribution in [0.15, 0.2) is 34.5 Å². The van der Waals surface area contributed by atoms with Crippen LogP contribution in [0.25, 0.3) is 0 Å². The van der Waals surface area contributed by atoms with E-state index in [0.29, 0.717) is 35.5 Å². The number of unbranched alkanes of at least 4 members (excludes halogenated alkanes) is 1. The zero-order chi connectivity index (χ0) is 17.7. The highest BCUT2D eigenvalue weighted by Crippen LogP contribution is 2.29. The number of aliphatic carboxylic acids is 1. The van der Waals surface area contributed by atoms with Crippen molar-refractivity contribution < 1.29 is 18.3 Å². The van der Waals surface area contributed by atoms with Gasteiger partial charge in [-0.05, 0) is 55.3 Å². The van der Waals surface area contributed by atoms with Crippen molar-refractivity contribution in [3.63, 3.8) is 0 Å². The number of sulfonamides is 1. The molecule has 0 atom stereocenters. The molecule has 0 aliphatic rings. The van der Waals surface area contributed by atoms with Gasteiger partial charge in [-0.1, -0.05) is 17.7 Å². The summed E-state index contributed by atoms with van der Waals surface area (Å²) in [4.78, 5) is 11.6. The molecule has 24 heavy (non-hydrogen) atoms. The average Bonchev–Trinajstić information content (AvgIpc) is 2.92. The van der Waals surface area contributed by atoms with Crippen molar-refractivity contribution in [2.75, 3.05) is 4.72 Å². The maximum absolute atomic E-state index is 12.6. The lowest BCUT2D eigenvalue weighted by Crippen LogP contribution is -2.14. The molecule has 0 amide bonds. The number of benzene rings is 1. The van der Waals surface area contributed by atoms with Crippen molar-refractivity contribution in [3.05, 3.63) is 45.1 Å². The molecular weight excluding hydrogens is 370 g/mol. The molecule has 0 radical (unpaired) electrons. The Morgan fingerprint density at radius 3 is 2.75 bits per heavy atom. The van der Waals surface area contributed by atoms with Gasteiger partial charge in [-0.2, -0.15) is 0 Å². The van der Waals surface area contributed by atoms with Crippen LogP contribution in [0.3, 0.4) is 0 Å². The quantitative estimate of drug-likeness (QED) is 0.661. The third kappa shape index (κ3) is 4.72. The lowest BCUT2D eigenvalue weighted by Gasteiger charge is -2.11. The van der Waals surface area contributed by atoms with Gasteiger partial charge in [-0.25, -0.2) is 8.42 Å². The van der Waals surface area contributed by atoms with Crippen molar-refractivity contribution in [1.29, 1.82) is 0 Å². The number of rotatable bonds is 8. The number of aryl methyl sites for hydroxylation is 1. The fourth-order valence-corrected chi connectivity index (χ4v) is 4.80.